The van der Waals surface area contributed by atoms with Crippen LogP contribution in [0.25, 0.3) is 4.96 Å². The molecule has 2 aliphatic heterocycles. The second-order valence-corrected chi connectivity index (χ2v) is 8.51. The Morgan fingerprint density at radius 2 is 2.33 bits per heavy atom. The van der Waals surface area contributed by atoms with E-state index in [1.807, 2.05) is 0 Å². The molecule has 0 aromatic carbocycles. The molecular formula is C15H21N3OS2. The van der Waals surface area contributed by atoms with Gasteiger partial charge >= 0.3 is 0 Å². The van der Waals surface area contributed by atoms with Crippen molar-refractivity contribution in [1.29, 1.82) is 0 Å². The van der Waals surface area contributed by atoms with Crippen LogP contribution in [0, 0.1) is 13.8 Å². The maximum Gasteiger partial charge on any atom is 0.194 e. The molecule has 0 spiro atoms. The van der Waals surface area contributed by atoms with E-state index in [1.165, 1.54) is 35.0 Å². The minimum absolute atomic E-state index is 0.653. The van der Waals surface area contributed by atoms with Gasteiger partial charge in [0.15, 0.2) is 4.96 Å². The standard InChI is InChI=1S/C15H21N3OS2/c1-10-7-18-13(11(2)16-15(18)21-10)8-17-4-6-20-14-9-19-5-3-12(14)17/h7,12,14H,3-6,8-9H2,1-2H3/t12-,14-/m0/s1. The number of aryl methyl sites for hydroxylation is 2. The summed E-state index contributed by atoms with van der Waals surface area (Å²) >= 11 is 3.87. The number of rotatable bonds is 2. The van der Waals surface area contributed by atoms with Gasteiger partial charge in [0, 0.05) is 47.8 Å². The number of thioether (sulfide) groups is 1. The summed E-state index contributed by atoms with van der Waals surface area (Å²) in [6.45, 7) is 8.34. The summed E-state index contributed by atoms with van der Waals surface area (Å²) in [5, 5.41) is 0.653. The van der Waals surface area contributed by atoms with E-state index < -0.39 is 0 Å². The fourth-order valence-corrected chi connectivity index (χ4v) is 5.71. The molecule has 4 nitrogen and oxygen atoms in total. The highest BCUT2D eigenvalue weighted by atomic mass is 32.2. The summed E-state index contributed by atoms with van der Waals surface area (Å²) in [4.78, 5) is 9.85. The minimum atomic E-state index is 0.653. The van der Waals surface area contributed by atoms with Gasteiger partial charge in [0.2, 0.25) is 0 Å². The Kier molecular flexibility index (Phi) is 3.73. The van der Waals surface area contributed by atoms with Crippen LogP contribution < -0.4 is 0 Å². The highest BCUT2D eigenvalue weighted by molar-refractivity contribution is 8.00. The van der Waals surface area contributed by atoms with Crippen molar-refractivity contribution in [3.05, 3.63) is 22.5 Å². The van der Waals surface area contributed by atoms with E-state index in [1.54, 1.807) is 11.3 Å². The summed E-state index contributed by atoms with van der Waals surface area (Å²) in [5.41, 5.74) is 2.55. The molecule has 2 saturated heterocycles. The second kappa shape index (κ2) is 5.57. The third-order valence-corrected chi connectivity index (χ3v) is 6.74. The number of thiazole rings is 1. The molecule has 2 atom stereocenters. The van der Waals surface area contributed by atoms with Crippen LogP contribution in [0.5, 0.6) is 0 Å². The summed E-state index contributed by atoms with van der Waals surface area (Å²) in [6, 6.07) is 0.669. The lowest BCUT2D eigenvalue weighted by Gasteiger charge is -2.43. The first-order valence-corrected chi connectivity index (χ1v) is 9.46. The number of aromatic nitrogens is 2. The zero-order valence-electron chi connectivity index (χ0n) is 12.5. The van der Waals surface area contributed by atoms with Crippen LogP contribution in [0.2, 0.25) is 0 Å². The summed E-state index contributed by atoms with van der Waals surface area (Å²) in [7, 11) is 0. The second-order valence-electron chi connectivity index (χ2n) is 5.95. The summed E-state index contributed by atoms with van der Waals surface area (Å²) in [5.74, 6) is 1.22. The first kappa shape index (κ1) is 14.1. The van der Waals surface area contributed by atoms with Gasteiger partial charge in [-0.15, -0.1) is 11.3 Å². The van der Waals surface area contributed by atoms with Gasteiger partial charge < -0.3 is 4.74 Å². The molecule has 2 aromatic heterocycles. The first-order chi connectivity index (χ1) is 10.2. The normalized spacial score (nSPS) is 27.1. The van der Waals surface area contributed by atoms with Crippen LogP contribution in [0.3, 0.4) is 0 Å². The summed E-state index contributed by atoms with van der Waals surface area (Å²) < 4.78 is 7.95. The Morgan fingerprint density at radius 1 is 1.43 bits per heavy atom. The van der Waals surface area contributed by atoms with E-state index in [0.29, 0.717) is 11.3 Å². The lowest BCUT2D eigenvalue weighted by atomic mass is 10.1. The monoisotopic (exact) mass is 323 g/mol. The van der Waals surface area contributed by atoms with Crippen molar-refractivity contribution in [2.24, 2.45) is 0 Å². The molecule has 2 fully saturated rings. The quantitative estimate of drug-likeness (QED) is 0.850. The van der Waals surface area contributed by atoms with Crippen LogP contribution in [-0.4, -0.2) is 51.1 Å². The third kappa shape index (κ3) is 2.52. The van der Waals surface area contributed by atoms with Gasteiger partial charge in [-0.1, -0.05) is 0 Å². The van der Waals surface area contributed by atoms with Crippen molar-refractivity contribution in [2.75, 3.05) is 25.5 Å². The van der Waals surface area contributed by atoms with Crippen LogP contribution >= 0.6 is 23.1 Å². The molecule has 0 unspecified atom stereocenters. The van der Waals surface area contributed by atoms with Gasteiger partial charge in [0.05, 0.1) is 18.0 Å². The fourth-order valence-electron chi connectivity index (χ4n) is 3.45. The van der Waals surface area contributed by atoms with Crippen molar-refractivity contribution < 1.29 is 4.74 Å². The first-order valence-electron chi connectivity index (χ1n) is 7.60. The molecule has 0 amide bonds. The number of imidazole rings is 1. The zero-order chi connectivity index (χ0) is 14.4. The molecule has 0 radical (unpaired) electrons. The van der Waals surface area contributed by atoms with Crippen molar-refractivity contribution >= 4 is 28.1 Å². The van der Waals surface area contributed by atoms with Crippen LogP contribution in [0.1, 0.15) is 22.7 Å². The van der Waals surface area contributed by atoms with E-state index in [2.05, 4.69) is 41.1 Å². The highest BCUT2D eigenvalue weighted by Gasteiger charge is 2.35. The Labute approximate surface area is 133 Å². The molecule has 4 rings (SSSR count). The fraction of sp³-hybridized carbons (Fsp3) is 0.667. The topological polar surface area (TPSA) is 29.8 Å². The largest absolute Gasteiger partial charge is 0.380 e. The molecule has 114 valence electrons. The van der Waals surface area contributed by atoms with Gasteiger partial charge in [-0.2, -0.15) is 11.8 Å². The molecule has 2 aliphatic rings. The molecule has 0 bridgehead atoms. The van der Waals surface area contributed by atoms with Crippen molar-refractivity contribution in [3.8, 4) is 0 Å². The van der Waals surface area contributed by atoms with Gasteiger partial charge in [-0.25, -0.2) is 4.98 Å². The number of nitrogens with zero attached hydrogens (tertiary/aromatic N) is 3. The summed E-state index contributed by atoms with van der Waals surface area (Å²) in [6.07, 6.45) is 3.40. The highest BCUT2D eigenvalue weighted by Crippen LogP contribution is 2.32. The predicted octanol–water partition coefficient (Wildman–Crippen LogP) is 2.72. The Morgan fingerprint density at radius 3 is 3.24 bits per heavy atom. The Balaban J connectivity index is 1.62. The van der Waals surface area contributed by atoms with Gasteiger partial charge in [0.25, 0.3) is 0 Å². The minimum Gasteiger partial charge on any atom is -0.380 e. The van der Waals surface area contributed by atoms with E-state index in [9.17, 15) is 0 Å². The molecule has 2 aromatic rings. The Bertz CT molecular complexity index is 649. The smallest absolute Gasteiger partial charge is 0.194 e. The van der Waals surface area contributed by atoms with Gasteiger partial charge in [0.1, 0.15) is 0 Å². The lowest BCUT2D eigenvalue weighted by molar-refractivity contribution is 0.0346. The van der Waals surface area contributed by atoms with E-state index in [0.717, 1.165) is 24.7 Å². The molecule has 0 N–H and O–H groups in total. The average molecular weight is 323 g/mol. The molecule has 4 heterocycles. The van der Waals surface area contributed by atoms with E-state index in [4.69, 9.17) is 9.72 Å². The van der Waals surface area contributed by atoms with Gasteiger partial charge in [-0.05, 0) is 20.3 Å². The number of hydrogen-bond donors (Lipinski definition) is 0. The third-order valence-electron chi connectivity index (χ3n) is 4.54. The lowest BCUT2D eigenvalue weighted by Crippen LogP contribution is -2.51. The number of hydrogen-bond acceptors (Lipinski definition) is 5. The van der Waals surface area contributed by atoms with Gasteiger partial charge in [-0.3, -0.25) is 9.30 Å². The van der Waals surface area contributed by atoms with E-state index in [-0.39, 0.29) is 0 Å². The maximum absolute atomic E-state index is 5.66. The predicted molar refractivity (Wildman–Crippen MR) is 88.4 cm³/mol. The van der Waals surface area contributed by atoms with Crippen LogP contribution in [-0.2, 0) is 11.3 Å². The van der Waals surface area contributed by atoms with Crippen molar-refractivity contribution in [2.45, 2.75) is 38.1 Å². The van der Waals surface area contributed by atoms with Crippen molar-refractivity contribution in [3.63, 3.8) is 0 Å². The molecule has 0 saturated carbocycles. The SMILES string of the molecule is Cc1cn2c(CN3CCS[C@H]4COCC[C@@H]43)c(C)nc2s1. The van der Waals surface area contributed by atoms with Crippen LogP contribution in [0.4, 0.5) is 0 Å². The molecule has 0 aliphatic carbocycles. The Hall–Kier alpha value is -0.560. The van der Waals surface area contributed by atoms with E-state index >= 15 is 0 Å². The molecule has 6 heteroatoms. The molecular weight excluding hydrogens is 302 g/mol. The maximum atomic E-state index is 5.66. The average Bonchev–Trinajstić information content (AvgIpc) is 2.97. The van der Waals surface area contributed by atoms with Crippen molar-refractivity contribution in [1.82, 2.24) is 14.3 Å². The zero-order valence-corrected chi connectivity index (χ0v) is 14.2. The number of ether oxygens (including phenoxy) is 1. The van der Waals surface area contributed by atoms with Crippen LogP contribution in [0.15, 0.2) is 6.20 Å². The number of fused-ring (bicyclic) bond motifs is 2. The molecule has 21 heavy (non-hydrogen) atoms.